The van der Waals surface area contributed by atoms with Crippen molar-refractivity contribution in [2.75, 3.05) is 18.2 Å². The Bertz CT molecular complexity index is 631. The number of anilines is 3. The highest BCUT2D eigenvalue weighted by Crippen LogP contribution is 2.31. The first-order valence-corrected chi connectivity index (χ1v) is 6.34. The molecule has 0 saturated carbocycles. The van der Waals surface area contributed by atoms with Crippen LogP contribution < -0.4 is 11.1 Å². The fraction of sp³-hybridized carbons (Fsp3) is 0.188. The number of nitrogens with one attached hydrogen (secondary N) is 1. The van der Waals surface area contributed by atoms with E-state index >= 15 is 0 Å². The Labute approximate surface area is 118 Å². The van der Waals surface area contributed by atoms with Crippen LogP contribution in [0.4, 0.5) is 17.1 Å². The summed E-state index contributed by atoms with van der Waals surface area (Å²) in [6, 6.07) is 11.2. The van der Waals surface area contributed by atoms with Crippen LogP contribution >= 0.6 is 0 Å². The number of benzene rings is 2. The minimum atomic E-state index is -0.411. The monoisotopic (exact) mass is 270 g/mol. The van der Waals surface area contributed by atoms with Crippen molar-refractivity contribution in [3.8, 4) is 0 Å². The maximum Gasteiger partial charge on any atom is 0.340 e. The van der Waals surface area contributed by atoms with Crippen molar-refractivity contribution in [1.82, 2.24) is 0 Å². The predicted octanol–water partition coefficient (Wildman–Crippen LogP) is 3.42. The third kappa shape index (κ3) is 2.59. The van der Waals surface area contributed by atoms with Crippen LogP contribution in [0.25, 0.3) is 0 Å². The van der Waals surface area contributed by atoms with Crippen LogP contribution in [0.15, 0.2) is 36.4 Å². The molecule has 2 aromatic rings. The van der Waals surface area contributed by atoms with Crippen molar-refractivity contribution in [1.29, 1.82) is 0 Å². The van der Waals surface area contributed by atoms with Crippen LogP contribution in [-0.4, -0.2) is 13.1 Å². The van der Waals surface area contributed by atoms with E-state index in [0.717, 1.165) is 16.8 Å². The standard InChI is InChI=1S/C16H18N2O2/c1-10-6-4-7-11(2)14(10)18-15-12(16(19)20-3)8-5-9-13(15)17/h4-9,18H,17H2,1-3H3. The Balaban J connectivity index is 2.51. The minimum absolute atomic E-state index is 0.411. The minimum Gasteiger partial charge on any atom is -0.465 e. The largest absolute Gasteiger partial charge is 0.465 e. The molecule has 0 aromatic heterocycles. The van der Waals surface area contributed by atoms with Gasteiger partial charge in [-0.15, -0.1) is 0 Å². The van der Waals surface area contributed by atoms with Gasteiger partial charge in [-0.25, -0.2) is 4.79 Å². The van der Waals surface area contributed by atoms with Gasteiger partial charge in [0.15, 0.2) is 0 Å². The second-order valence-electron chi connectivity index (χ2n) is 4.65. The molecular formula is C16H18N2O2. The van der Waals surface area contributed by atoms with Crippen molar-refractivity contribution in [2.24, 2.45) is 0 Å². The number of methoxy groups -OCH3 is 1. The molecule has 0 aliphatic carbocycles. The highest BCUT2D eigenvalue weighted by molar-refractivity contribution is 6.00. The number of hydrogen-bond donors (Lipinski definition) is 2. The van der Waals surface area contributed by atoms with Gasteiger partial charge < -0.3 is 15.8 Å². The number of esters is 1. The van der Waals surface area contributed by atoms with E-state index in [1.54, 1.807) is 18.2 Å². The molecule has 0 bridgehead atoms. The average Bonchev–Trinajstić information content (AvgIpc) is 2.43. The van der Waals surface area contributed by atoms with Gasteiger partial charge >= 0.3 is 5.97 Å². The molecular weight excluding hydrogens is 252 g/mol. The van der Waals surface area contributed by atoms with Gasteiger partial charge in [-0.1, -0.05) is 24.3 Å². The smallest absolute Gasteiger partial charge is 0.340 e. The zero-order valence-corrected chi connectivity index (χ0v) is 11.9. The number of rotatable bonds is 3. The molecule has 4 heteroatoms. The first kappa shape index (κ1) is 13.9. The van der Waals surface area contributed by atoms with Gasteiger partial charge in [0.2, 0.25) is 0 Å². The maximum absolute atomic E-state index is 11.8. The number of nitrogen functional groups attached to an aromatic ring is 1. The van der Waals surface area contributed by atoms with Gasteiger partial charge in [0.1, 0.15) is 0 Å². The fourth-order valence-corrected chi connectivity index (χ4v) is 2.13. The number of hydrogen-bond acceptors (Lipinski definition) is 4. The molecule has 3 N–H and O–H groups in total. The summed E-state index contributed by atoms with van der Waals surface area (Å²) in [7, 11) is 1.36. The van der Waals surface area contributed by atoms with Crippen molar-refractivity contribution in [3.63, 3.8) is 0 Å². The summed E-state index contributed by atoms with van der Waals surface area (Å²) in [6.45, 7) is 4.01. The van der Waals surface area contributed by atoms with Crippen molar-refractivity contribution in [2.45, 2.75) is 13.8 Å². The normalized spacial score (nSPS) is 10.2. The van der Waals surface area contributed by atoms with E-state index < -0.39 is 5.97 Å². The molecule has 0 spiro atoms. The molecule has 0 amide bonds. The zero-order valence-electron chi connectivity index (χ0n) is 11.9. The molecule has 20 heavy (non-hydrogen) atoms. The van der Waals surface area contributed by atoms with E-state index in [1.807, 2.05) is 32.0 Å². The number of nitrogens with two attached hydrogens (primary N) is 1. The molecule has 0 fully saturated rings. The van der Waals surface area contributed by atoms with Crippen molar-refractivity contribution < 1.29 is 9.53 Å². The molecule has 0 aliphatic rings. The van der Waals surface area contributed by atoms with Crippen LogP contribution in [-0.2, 0) is 4.74 Å². The summed E-state index contributed by atoms with van der Waals surface area (Å²) in [4.78, 5) is 11.8. The van der Waals surface area contributed by atoms with Gasteiger partial charge in [0, 0.05) is 5.69 Å². The summed E-state index contributed by atoms with van der Waals surface area (Å²) in [5, 5.41) is 3.27. The Morgan fingerprint density at radius 3 is 2.25 bits per heavy atom. The number of para-hydroxylation sites is 2. The number of aryl methyl sites for hydroxylation is 2. The van der Waals surface area contributed by atoms with Crippen LogP contribution in [0.1, 0.15) is 21.5 Å². The third-order valence-electron chi connectivity index (χ3n) is 3.23. The van der Waals surface area contributed by atoms with Crippen molar-refractivity contribution in [3.05, 3.63) is 53.1 Å². The first-order chi connectivity index (χ1) is 9.54. The van der Waals surface area contributed by atoms with Crippen LogP contribution in [0.5, 0.6) is 0 Å². The van der Waals surface area contributed by atoms with Gasteiger partial charge in [-0.05, 0) is 37.1 Å². The maximum atomic E-state index is 11.8. The first-order valence-electron chi connectivity index (χ1n) is 6.34. The highest BCUT2D eigenvalue weighted by atomic mass is 16.5. The molecule has 4 nitrogen and oxygen atoms in total. The fourth-order valence-electron chi connectivity index (χ4n) is 2.13. The molecule has 0 aliphatic heterocycles. The van der Waals surface area contributed by atoms with E-state index in [1.165, 1.54) is 7.11 Å². The Hall–Kier alpha value is -2.49. The van der Waals surface area contributed by atoms with E-state index in [-0.39, 0.29) is 0 Å². The highest BCUT2D eigenvalue weighted by Gasteiger charge is 2.15. The molecule has 0 unspecified atom stereocenters. The van der Waals surface area contributed by atoms with E-state index in [4.69, 9.17) is 10.5 Å². The Kier molecular flexibility index (Phi) is 3.94. The average molecular weight is 270 g/mol. The topological polar surface area (TPSA) is 64.3 Å². The summed E-state index contributed by atoms with van der Waals surface area (Å²) in [5.74, 6) is -0.411. The molecule has 0 radical (unpaired) electrons. The molecule has 2 rings (SSSR count). The third-order valence-corrected chi connectivity index (χ3v) is 3.23. The molecule has 0 saturated heterocycles. The van der Waals surface area contributed by atoms with E-state index in [2.05, 4.69) is 5.32 Å². The number of carbonyl (C=O) groups excluding carboxylic acids is 1. The molecule has 0 atom stereocenters. The lowest BCUT2D eigenvalue weighted by molar-refractivity contribution is 0.0602. The van der Waals surface area contributed by atoms with E-state index in [0.29, 0.717) is 16.9 Å². The van der Waals surface area contributed by atoms with Crippen LogP contribution in [0.2, 0.25) is 0 Å². The van der Waals surface area contributed by atoms with Crippen LogP contribution in [0.3, 0.4) is 0 Å². The number of ether oxygens (including phenoxy) is 1. The number of carbonyl (C=O) groups is 1. The van der Waals surface area contributed by atoms with Crippen molar-refractivity contribution >= 4 is 23.0 Å². The SMILES string of the molecule is COC(=O)c1cccc(N)c1Nc1c(C)cccc1C. The molecule has 2 aromatic carbocycles. The van der Waals surface area contributed by atoms with Crippen LogP contribution in [0, 0.1) is 13.8 Å². The zero-order chi connectivity index (χ0) is 14.7. The van der Waals surface area contributed by atoms with Gasteiger partial charge in [-0.3, -0.25) is 0 Å². The molecule has 104 valence electrons. The van der Waals surface area contributed by atoms with Gasteiger partial charge in [-0.2, -0.15) is 0 Å². The quantitative estimate of drug-likeness (QED) is 0.662. The predicted molar refractivity (Wildman–Crippen MR) is 81.4 cm³/mol. The second-order valence-corrected chi connectivity index (χ2v) is 4.65. The van der Waals surface area contributed by atoms with E-state index in [9.17, 15) is 4.79 Å². The summed E-state index contributed by atoms with van der Waals surface area (Å²) in [5.41, 5.74) is 10.6. The second kappa shape index (κ2) is 5.65. The lowest BCUT2D eigenvalue weighted by Gasteiger charge is -2.16. The lowest BCUT2D eigenvalue weighted by Crippen LogP contribution is -2.09. The van der Waals surface area contributed by atoms with Gasteiger partial charge in [0.25, 0.3) is 0 Å². The summed E-state index contributed by atoms with van der Waals surface area (Å²) >= 11 is 0. The van der Waals surface area contributed by atoms with Gasteiger partial charge in [0.05, 0.1) is 24.0 Å². The Morgan fingerprint density at radius 1 is 1.05 bits per heavy atom. The summed E-state index contributed by atoms with van der Waals surface area (Å²) < 4.78 is 4.80. The lowest BCUT2D eigenvalue weighted by atomic mass is 10.1. The molecule has 0 heterocycles. The summed E-state index contributed by atoms with van der Waals surface area (Å²) in [6.07, 6.45) is 0. The Morgan fingerprint density at radius 2 is 1.65 bits per heavy atom.